The van der Waals surface area contributed by atoms with Crippen molar-refractivity contribution in [2.75, 3.05) is 26.2 Å². The van der Waals surface area contributed by atoms with Gasteiger partial charge in [0.2, 0.25) is 0 Å². The quantitative estimate of drug-likeness (QED) is 0.705. The third-order valence-corrected chi connectivity index (χ3v) is 5.15. The molecule has 1 aliphatic rings. The lowest BCUT2D eigenvalue weighted by Gasteiger charge is -2.33. The molecule has 0 bridgehead atoms. The molecule has 1 aliphatic heterocycles. The van der Waals surface area contributed by atoms with Gasteiger partial charge in [-0.2, -0.15) is 4.98 Å². The van der Waals surface area contributed by atoms with Crippen molar-refractivity contribution in [1.82, 2.24) is 19.9 Å². The number of rotatable bonds is 4. The van der Waals surface area contributed by atoms with Crippen LogP contribution in [0, 0.1) is 5.82 Å². The highest BCUT2D eigenvalue weighted by atomic mass is 32.1. The maximum Gasteiger partial charge on any atom is 0.264 e. The van der Waals surface area contributed by atoms with E-state index in [0.29, 0.717) is 36.9 Å². The lowest BCUT2D eigenvalue weighted by molar-refractivity contribution is 0.0629. The second-order valence-corrected chi connectivity index (χ2v) is 7.02. The molecule has 8 heteroatoms. The first-order valence-electron chi connectivity index (χ1n) is 8.33. The fourth-order valence-corrected chi connectivity index (χ4v) is 3.61. The number of amides is 1. The Balaban J connectivity index is 1.34. The van der Waals surface area contributed by atoms with Crippen molar-refractivity contribution in [2.24, 2.45) is 0 Å². The Labute approximate surface area is 153 Å². The van der Waals surface area contributed by atoms with Crippen LogP contribution in [-0.2, 0) is 6.54 Å². The van der Waals surface area contributed by atoms with Crippen LogP contribution in [0.15, 0.2) is 46.3 Å². The molecule has 0 aliphatic carbocycles. The van der Waals surface area contributed by atoms with Gasteiger partial charge < -0.3 is 9.42 Å². The van der Waals surface area contributed by atoms with Crippen LogP contribution in [0.2, 0.25) is 0 Å². The second kappa shape index (κ2) is 7.35. The molecule has 1 amide bonds. The normalized spacial score (nSPS) is 15.3. The van der Waals surface area contributed by atoms with Gasteiger partial charge in [0.15, 0.2) is 5.82 Å². The molecular formula is C18H17FN4O2S. The Morgan fingerprint density at radius 1 is 1.19 bits per heavy atom. The minimum Gasteiger partial charge on any atom is -0.335 e. The number of halogens is 1. The van der Waals surface area contributed by atoms with Gasteiger partial charge in [-0.1, -0.05) is 17.3 Å². The lowest BCUT2D eigenvalue weighted by atomic mass is 10.2. The molecule has 134 valence electrons. The molecule has 0 atom stereocenters. The Kier molecular flexibility index (Phi) is 4.77. The molecule has 1 saturated heterocycles. The molecule has 4 rings (SSSR count). The maximum atomic E-state index is 13.3. The molecule has 1 fully saturated rings. The van der Waals surface area contributed by atoms with Gasteiger partial charge in [0.1, 0.15) is 5.82 Å². The van der Waals surface area contributed by atoms with Crippen molar-refractivity contribution in [3.63, 3.8) is 0 Å². The minimum atomic E-state index is -0.339. The number of thiophene rings is 1. The first-order chi connectivity index (χ1) is 12.7. The molecule has 3 heterocycles. The van der Waals surface area contributed by atoms with Crippen molar-refractivity contribution in [1.29, 1.82) is 0 Å². The standard InChI is InChI=1S/C18H17FN4O2S/c19-14-4-1-3-13(11-14)17-20-16(21-25-17)12-22-6-8-23(9-7-22)18(24)15-5-2-10-26-15/h1-5,10-11H,6-9,12H2. The molecule has 1 aromatic carbocycles. The zero-order chi connectivity index (χ0) is 17.9. The van der Waals surface area contributed by atoms with Gasteiger partial charge in [0.25, 0.3) is 11.8 Å². The van der Waals surface area contributed by atoms with Gasteiger partial charge in [-0.15, -0.1) is 11.3 Å². The topological polar surface area (TPSA) is 62.5 Å². The fourth-order valence-electron chi connectivity index (χ4n) is 2.92. The monoisotopic (exact) mass is 372 g/mol. The molecule has 2 aromatic heterocycles. The summed E-state index contributed by atoms with van der Waals surface area (Å²) in [5, 5.41) is 5.89. The van der Waals surface area contributed by atoms with Crippen molar-refractivity contribution < 1.29 is 13.7 Å². The van der Waals surface area contributed by atoms with Crippen LogP contribution in [-0.4, -0.2) is 52.0 Å². The zero-order valence-electron chi connectivity index (χ0n) is 14.0. The van der Waals surface area contributed by atoms with Crippen molar-refractivity contribution >= 4 is 17.2 Å². The number of piperazine rings is 1. The van der Waals surface area contributed by atoms with Crippen LogP contribution in [0.3, 0.4) is 0 Å². The number of nitrogens with zero attached hydrogens (tertiary/aromatic N) is 4. The molecule has 0 radical (unpaired) electrons. The Bertz CT molecular complexity index is 888. The zero-order valence-corrected chi connectivity index (χ0v) is 14.8. The first-order valence-corrected chi connectivity index (χ1v) is 9.21. The number of carbonyl (C=O) groups is 1. The van der Waals surface area contributed by atoms with Crippen LogP contribution < -0.4 is 0 Å². The van der Waals surface area contributed by atoms with Gasteiger partial charge in [0.05, 0.1) is 11.4 Å². The van der Waals surface area contributed by atoms with E-state index in [1.807, 2.05) is 22.4 Å². The molecule has 0 spiro atoms. The van der Waals surface area contributed by atoms with Crippen LogP contribution >= 0.6 is 11.3 Å². The highest BCUT2D eigenvalue weighted by Crippen LogP contribution is 2.19. The summed E-state index contributed by atoms with van der Waals surface area (Å²) in [6.07, 6.45) is 0. The molecule has 6 nitrogen and oxygen atoms in total. The summed E-state index contributed by atoms with van der Waals surface area (Å²) in [6, 6.07) is 9.82. The number of hydrogen-bond donors (Lipinski definition) is 0. The number of benzene rings is 1. The molecule has 0 unspecified atom stereocenters. The van der Waals surface area contributed by atoms with Crippen molar-refractivity contribution in [3.8, 4) is 11.5 Å². The van der Waals surface area contributed by atoms with E-state index in [2.05, 4.69) is 15.0 Å². The predicted molar refractivity (Wildman–Crippen MR) is 95.2 cm³/mol. The van der Waals surface area contributed by atoms with Crippen molar-refractivity contribution in [2.45, 2.75) is 6.54 Å². The average Bonchev–Trinajstić information content (AvgIpc) is 3.34. The largest absolute Gasteiger partial charge is 0.335 e. The van der Waals surface area contributed by atoms with Crippen LogP contribution in [0.4, 0.5) is 4.39 Å². The first kappa shape index (κ1) is 16.9. The summed E-state index contributed by atoms with van der Waals surface area (Å²) in [6.45, 7) is 3.39. The van der Waals surface area contributed by atoms with E-state index in [0.717, 1.165) is 18.0 Å². The Hall–Kier alpha value is -2.58. The van der Waals surface area contributed by atoms with E-state index in [1.165, 1.54) is 23.5 Å². The third-order valence-electron chi connectivity index (χ3n) is 4.30. The van der Waals surface area contributed by atoms with Gasteiger partial charge in [-0.3, -0.25) is 9.69 Å². The minimum absolute atomic E-state index is 0.0904. The van der Waals surface area contributed by atoms with E-state index in [4.69, 9.17) is 4.52 Å². The Morgan fingerprint density at radius 3 is 2.77 bits per heavy atom. The van der Waals surface area contributed by atoms with Crippen LogP contribution in [0.5, 0.6) is 0 Å². The summed E-state index contributed by atoms with van der Waals surface area (Å²) in [4.78, 5) is 21.5. The van der Waals surface area contributed by atoms with E-state index >= 15 is 0 Å². The fraction of sp³-hybridized carbons (Fsp3) is 0.278. The van der Waals surface area contributed by atoms with Crippen molar-refractivity contribution in [3.05, 3.63) is 58.3 Å². The number of hydrogen-bond acceptors (Lipinski definition) is 6. The average molecular weight is 372 g/mol. The van der Waals surface area contributed by atoms with E-state index < -0.39 is 0 Å². The summed E-state index contributed by atoms with van der Waals surface area (Å²) in [5.41, 5.74) is 0.565. The second-order valence-electron chi connectivity index (χ2n) is 6.07. The van der Waals surface area contributed by atoms with Gasteiger partial charge in [-0.05, 0) is 29.6 Å². The highest BCUT2D eigenvalue weighted by Gasteiger charge is 2.23. The predicted octanol–water partition coefficient (Wildman–Crippen LogP) is 2.90. The lowest BCUT2D eigenvalue weighted by Crippen LogP contribution is -2.48. The third kappa shape index (κ3) is 3.66. The molecule has 0 N–H and O–H groups in total. The molecule has 26 heavy (non-hydrogen) atoms. The van der Waals surface area contributed by atoms with Gasteiger partial charge in [0, 0.05) is 31.7 Å². The smallest absolute Gasteiger partial charge is 0.264 e. The maximum absolute atomic E-state index is 13.3. The number of carbonyl (C=O) groups excluding carboxylic acids is 1. The summed E-state index contributed by atoms with van der Waals surface area (Å²) < 4.78 is 18.5. The summed E-state index contributed by atoms with van der Waals surface area (Å²) >= 11 is 1.47. The van der Waals surface area contributed by atoms with Crippen LogP contribution in [0.1, 0.15) is 15.5 Å². The van der Waals surface area contributed by atoms with E-state index in [1.54, 1.807) is 12.1 Å². The molecular weight excluding hydrogens is 355 g/mol. The summed E-state index contributed by atoms with van der Waals surface area (Å²) in [7, 11) is 0. The molecule has 0 saturated carbocycles. The SMILES string of the molecule is O=C(c1cccs1)N1CCN(Cc2noc(-c3cccc(F)c3)n2)CC1. The van der Waals surface area contributed by atoms with Crippen LogP contribution in [0.25, 0.3) is 11.5 Å². The Morgan fingerprint density at radius 2 is 2.04 bits per heavy atom. The number of aromatic nitrogens is 2. The van der Waals surface area contributed by atoms with Gasteiger partial charge in [-0.25, -0.2) is 4.39 Å². The molecule has 3 aromatic rings. The highest BCUT2D eigenvalue weighted by molar-refractivity contribution is 7.12. The van der Waals surface area contributed by atoms with E-state index in [9.17, 15) is 9.18 Å². The van der Waals surface area contributed by atoms with E-state index in [-0.39, 0.29) is 11.7 Å². The summed E-state index contributed by atoms with van der Waals surface area (Å²) in [5.74, 6) is 0.620. The van der Waals surface area contributed by atoms with Gasteiger partial charge >= 0.3 is 0 Å².